The Morgan fingerprint density at radius 3 is 2.65 bits per heavy atom. The molecular weight excluding hydrogens is 258 g/mol. The number of nitrogen functional groups attached to an aromatic ring is 1. The molecule has 0 spiro atoms. The molecule has 0 aliphatic carbocycles. The molecule has 0 saturated carbocycles. The smallest absolute Gasteiger partial charge is 0.273 e. The third kappa shape index (κ3) is 2.85. The number of rotatable bonds is 4. The Labute approximate surface area is 116 Å². The Morgan fingerprint density at radius 2 is 2.15 bits per heavy atom. The third-order valence-corrected chi connectivity index (χ3v) is 2.81. The first kappa shape index (κ1) is 13.8. The molecule has 1 amide bonds. The molecule has 2 heterocycles. The van der Waals surface area contributed by atoms with Crippen molar-refractivity contribution in [3.05, 3.63) is 29.6 Å². The van der Waals surface area contributed by atoms with Gasteiger partial charge in [-0.1, -0.05) is 0 Å². The van der Waals surface area contributed by atoms with Crippen LogP contribution in [0.25, 0.3) is 0 Å². The highest BCUT2D eigenvalue weighted by Gasteiger charge is 2.10. The van der Waals surface area contributed by atoms with Crippen molar-refractivity contribution in [3.63, 3.8) is 0 Å². The minimum absolute atomic E-state index is 0.180. The average Bonchev–Trinajstić information content (AvgIpc) is 2.76. The molecule has 2 aromatic rings. The minimum atomic E-state index is -0.180. The van der Waals surface area contributed by atoms with Gasteiger partial charge in [-0.2, -0.15) is 5.10 Å². The summed E-state index contributed by atoms with van der Waals surface area (Å²) in [5.74, 6) is 0.994. The summed E-state index contributed by atoms with van der Waals surface area (Å²) >= 11 is 0. The first-order valence-corrected chi connectivity index (χ1v) is 6.04. The van der Waals surface area contributed by atoms with Crippen molar-refractivity contribution >= 4 is 17.5 Å². The molecule has 2 rings (SSSR count). The Hall–Kier alpha value is -2.64. The molecular formula is C12H17N7O. The quantitative estimate of drug-likeness (QED) is 0.821. The highest BCUT2D eigenvalue weighted by molar-refractivity contribution is 5.91. The first-order chi connectivity index (χ1) is 9.49. The summed E-state index contributed by atoms with van der Waals surface area (Å²) in [5.41, 5.74) is 7.02. The van der Waals surface area contributed by atoms with E-state index in [-0.39, 0.29) is 5.91 Å². The lowest BCUT2D eigenvalue weighted by molar-refractivity contribution is 0.0821. The van der Waals surface area contributed by atoms with E-state index in [9.17, 15) is 4.79 Å². The van der Waals surface area contributed by atoms with Crippen LogP contribution in [0.15, 0.2) is 18.3 Å². The van der Waals surface area contributed by atoms with Crippen molar-refractivity contribution in [2.24, 2.45) is 7.05 Å². The van der Waals surface area contributed by atoms with E-state index in [1.165, 1.54) is 4.90 Å². The van der Waals surface area contributed by atoms with Crippen LogP contribution in [0.4, 0.5) is 11.6 Å². The van der Waals surface area contributed by atoms with Crippen molar-refractivity contribution in [1.29, 1.82) is 0 Å². The molecule has 0 saturated heterocycles. The Bertz CT molecular complexity index is 603. The van der Waals surface area contributed by atoms with Crippen LogP contribution in [-0.2, 0) is 13.6 Å². The van der Waals surface area contributed by atoms with E-state index < -0.39 is 0 Å². The summed E-state index contributed by atoms with van der Waals surface area (Å²) < 4.78 is 1.60. The number of carbonyl (C=O) groups is 1. The van der Waals surface area contributed by atoms with Gasteiger partial charge >= 0.3 is 0 Å². The molecule has 0 atom stereocenters. The number of aromatic nitrogens is 4. The maximum atomic E-state index is 11.7. The minimum Gasteiger partial charge on any atom is -0.384 e. The van der Waals surface area contributed by atoms with Crippen molar-refractivity contribution in [2.75, 3.05) is 25.1 Å². The van der Waals surface area contributed by atoms with Crippen molar-refractivity contribution in [1.82, 2.24) is 24.9 Å². The number of amides is 1. The highest BCUT2D eigenvalue weighted by atomic mass is 16.2. The molecule has 8 nitrogen and oxygen atoms in total. The van der Waals surface area contributed by atoms with Crippen LogP contribution in [-0.4, -0.2) is 44.9 Å². The van der Waals surface area contributed by atoms with E-state index in [1.807, 2.05) is 0 Å². The van der Waals surface area contributed by atoms with E-state index in [1.54, 1.807) is 44.2 Å². The Kier molecular flexibility index (Phi) is 3.83. The predicted octanol–water partition coefficient (Wildman–Crippen LogP) is 0.106. The summed E-state index contributed by atoms with van der Waals surface area (Å²) in [6.45, 7) is 0.495. The Balaban J connectivity index is 2.01. The number of nitrogens with zero attached hydrogens (tertiary/aromatic N) is 5. The zero-order valence-electron chi connectivity index (χ0n) is 11.7. The van der Waals surface area contributed by atoms with Gasteiger partial charge in [0.2, 0.25) is 0 Å². The van der Waals surface area contributed by atoms with Crippen LogP contribution in [0.2, 0.25) is 0 Å². The van der Waals surface area contributed by atoms with Gasteiger partial charge in [0, 0.05) is 33.3 Å². The molecule has 0 aliphatic heterocycles. The number of carbonyl (C=O) groups excluding carboxylic acids is 1. The number of hydrogen-bond donors (Lipinski definition) is 2. The van der Waals surface area contributed by atoms with E-state index >= 15 is 0 Å². The van der Waals surface area contributed by atoms with Crippen LogP contribution in [0.3, 0.4) is 0 Å². The molecule has 0 unspecified atom stereocenters. The molecule has 0 bridgehead atoms. The van der Waals surface area contributed by atoms with E-state index in [4.69, 9.17) is 5.73 Å². The fourth-order valence-corrected chi connectivity index (χ4v) is 1.58. The van der Waals surface area contributed by atoms with E-state index in [0.29, 0.717) is 23.9 Å². The van der Waals surface area contributed by atoms with E-state index in [0.717, 1.165) is 5.56 Å². The monoisotopic (exact) mass is 275 g/mol. The number of nitrogens with two attached hydrogens (primary N) is 1. The zero-order valence-corrected chi connectivity index (χ0v) is 11.7. The lowest BCUT2D eigenvalue weighted by atomic mass is 10.3. The molecule has 2 aromatic heterocycles. The fraction of sp³-hybridized carbons (Fsp3) is 0.333. The van der Waals surface area contributed by atoms with Crippen molar-refractivity contribution in [2.45, 2.75) is 6.54 Å². The molecule has 20 heavy (non-hydrogen) atoms. The van der Waals surface area contributed by atoms with Crippen LogP contribution >= 0.6 is 0 Å². The second-order valence-electron chi connectivity index (χ2n) is 4.54. The average molecular weight is 275 g/mol. The normalized spacial score (nSPS) is 10.3. The molecule has 106 valence electrons. The van der Waals surface area contributed by atoms with Gasteiger partial charge < -0.3 is 16.0 Å². The van der Waals surface area contributed by atoms with Crippen LogP contribution in [0, 0.1) is 0 Å². The SMILES string of the molecule is CN(C)C(=O)c1ccc(NCc2cnn(C)c2N)nn1. The molecule has 0 aromatic carbocycles. The fourth-order valence-electron chi connectivity index (χ4n) is 1.58. The van der Waals surface area contributed by atoms with Gasteiger partial charge in [0.15, 0.2) is 5.69 Å². The summed E-state index contributed by atoms with van der Waals surface area (Å²) in [4.78, 5) is 13.1. The van der Waals surface area contributed by atoms with Gasteiger partial charge in [0.05, 0.1) is 6.20 Å². The van der Waals surface area contributed by atoms with Gasteiger partial charge in [-0.25, -0.2) is 0 Å². The largest absolute Gasteiger partial charge is 0.384 e. The molecule has 0 aliphatic rings. The number of anilines is 2. The number of nitrogens with one attached hydrogen (secondary N) is 1. The van der Waals surface area contributed by atoms with Crippen molar-refractivity contribution in [3.8, 4) is 0 Å². The summed E-state index contributed by atoms with van der Waals surface area (Å²) in [5, 5.41) is 15.0. The number of aryl methyl sites for hydroxylation is 1. The van der Waals surface area contributed by atoms with Crippen molar-refractivity contribution < 1.29 is 4.79 Å². The molecule has 0 radical (unpaired) electrons. The predicted molar refractivity (Wildman–Crippen MR) is 75.0 cm³/mol. The summed E-state index contributed by atoms with van der Waals surface area (Å²) in [6.07, 6.45) is 1.69. The van der Waals surface area contributed by atoms with Gasteiger partial charge in [0.25, 0.3) is 5.91 Å². The highest BCUT2D eigenvalue weighted by Crippen LogP contribution is 2.11. The maximum absolute atomic E-state index is 11.7. The lowest BCUT2D eigenvalue weighted by Crippen LogP contribution is -2.23. The van der Waals surface area contributed by atoms with Crippen LogP contribution in [0.5, 0.6) is 0 Å². The van der Waals surface area contributed by atoms with Gasteiger partial charge in [0.1, 0.15) is 11.6 Å². The van der Waals surface area contributed by atoms with Gasteiger partial charge in [-0.3, -0.25) is 9.48 Å². The molecule has 0 fully saturated rings. The van der Waals surface area contributed by atoms with Crippen LogP contribution < -0.4 is 11.1 Å². The standard InChI is InChI=1S/C12H17N7O/c1-18(2)12(20)9-4-5-10(17-16-9)14-6-8-7-15-19(3)11(8)13/h4-5,7H,6,13H2,1-3H3,(H,14,17). The zero-order chi connectivity index (χ0) is 14.7. The topological polar surface area (TPSA) is 102 Å². The number of hydrogen-bond acceptors (Lipinski definition) is 6. The van der Waals surface area contributed by atoms with Gasteiger partial charge in [-0.05, 0) is 12.1 Å². The van der Waals surface area contributed by atoms with E-state index in [2.05, 4.69) is 20.6 Å². The Morgan fingerprint density at radius 1 is 1.40 bits per heavy atom. The summed E-state index contributed by atoms with van der Waals surface area (Å²) in [6, 6.07) is 3.33. The molecule has 3 N–H and O–H groups in total. The third-order valence-electron chi connectivity index (χ3n) is 2.81. The first-order valence-electron chi connectivity index (χ1n) is 6.04. The second kappa shape index (κ2) is 5.55. The maximum Gasteiger partial charge on any atom is 0.273 e. The summed E-state index contributed by atoms with van der Waals surface area (Å²) in [7, 11) is 5.11. The lowest BCUT2D eigenvalue weighted by Gasteiger charge is -2.09. The molecule has 8 heteroatoms. The van der Waals surface area contributed by atoms with Gasteiger partial charge in [-0.15, -0.1) is 10.2 Å². The second-order valence-corrected chi connectivity index (χ2v) is 4.54. The van der Waals surface area contributed by atoms with Crippen LogP contribution in [0.1, 0.15) is 16.1 Å².